The highest BCUT2D eigenvalue weighted by molar-refractivity contribution is 5.55. The second-order valence-electron chi connectivity index (χ2n) is 3.75. The summed E-state index contributed by atoms with van der Waals surface area (Å²) in [6.45, 7) is 2.79. The Labute approximate surface area is 89.6 Å². The lowest BCUT2D eigenvalue weighted by atomic mass is 10.2. The quantitative estimate of drug-likeness (QED) is 0.824. The highest BCUT2D eigenvalue weighted by Crippen LogP contribution is 2.16. The van der Waals surface area contributed by atoms with Gasteiger partial charge in [0.1, 0.15) is 5.82 Å². The highest BCUT2D eigenvalue weighted by Gasteiger charge is 2.05. The number of rotatable bonds is 3. The van der Waals surface area contributed by atoms with Gasteiger partial charge in [-0.15, -0.1) is 0 Å². The molecule has 78 valence electrons. The Morgan fingerprint density at radius 1 is 1.33 bits per heavy atom. The van der Waals surface area contributed by atoms with Gasteiger partial charge >= 0.3 is 0 Å². The first kappa shape index (κ1) is 9.93. The fraction of sp³-hybridized carbons (Fsp3) is 0.250. The van der Waals surface area contributed by atoms with Crippen LogP contribution in [0.4, 0.5) is 0 Å². The fourth-order valence-corrected chi connectivity index (χ4v) is 1.61. The molecular formula is C12H15N3. The van der Waals surface area contributed by atoms with E-state index in [4.69, 9.17) is 5.73 Å². The van der Waals surface area contributed by atoms with Gasteiger partial charge in [-0.1, -0.05) is 30.3 Å². The van der Waals surface area contributed by atoms with Crippen molar-refractivity contribution in [3.63, 3.8) is 0 Å². The van der Waals surface area contributed by atoms with E-state index in [1.165, 1.54) is 0 Å². The van der Waals surface area contributed by atoms with E-state index in [2.05, 4.69) is 21.7 Å². The van der Waals surface area contributed by atoms with Crippen LogP contribution in [0.15, 0.2) is 42.7 Å². The van der Waals surface area contributed by atoms with Crippen molar-refractivity contribution in [3.8, 4) is 11.4 Å². The summed E-state index contributed by atoms with van der Waals surface area (Å²) in [6.07, 6.45) is 3.77. The molecule has 0 radical (unpaired) electrons. The summed E-state index contributed by atoms with van der Waals surface area (Å²) in [5.74, 6) is 0.980. The molecule has 0 spiro atoms. The van der Waals surface area contributed by atoms with Crippen molar-refractivity contribution >= 4 is 0 Å². The van der Waals surface area contributed by atoms with Gasteiger partial charge in [0.2, 0.25) is 0 Å². The molecule has 2 rings (SSSR count). The second-order valence-corrected chi connectivity index (χ2v) is 3.75. The van der Waals surface area contributed by atoms with Crippen LogP contribution >= 0.6 is 0 Å². The monoisotopic (exact) mass is 201 g/mol. The maximum Gasteiger partial charge on any atom is 0.139 e. The third kappa shape index (κ3) is 2.25. The topological polar surface area (TPSA) is 43.8 Å². The highest BCUT2D eigenvalue weighted by atomic mass is 15.1. The van der Waals surface area contributed by atoms with Gasteiger partial charge in [0.15, 0.2) is 0 Å². The molecule has 0 aliphatic rings. The number of nitrogens with zero attached hydrogens (tertiary/aromatic N) is 2. The molecule has 0 aliphatic carbocycles. The summed E-state index contributed by atoms with van der Waals surface area (Å²) >= 11 is 0. The average molecular weight is 201 g/mol. The van der Waals surface area contributed by atoms with E-state index < -0.39 is 0 Å². The zero-order valence-corrected chi connectivity index (χ0v) is 8.80. The number of hydrogen-bond donors (Lipinski definition) is 1. The lowest BCUT2D eigenvalue weighted by Gasteiger charge is -2.10. The number of aromatic nitrogens is 2. The predicted octanol–water partition coefficient (Wildman–Crippen LogP) is 1.90. The van der Waals surface area contributed by atoms with Gasteiger partial charge in [0.25, 0.3) is 0 Å². The summed E-state index contributed by atoms with van der Waals surface area (Å²) in [5, 5.41) is 0. The molecule has 2 N–H and O–H groups in total. The van der Waals surface area contributed by atoms with E-state index in [1.54, 1.807) is 0 Å². The molecule has 0 fully saturated rings. The van der Waals surface area contributed by atoms with Crippen LogP contribution in [0.2, 0.25) is 0 Å². The third-order valence-corrected chi connectivity index (χ3v) is 2.23. The first-order valence-corrected chi connectivity index (χ1v) is 5.09. The van der Waals surface area contributed by atoms with Crippen LogP contribution < -0.4 is 5.73 Å². The third-order valence-electron chi connectivity index (χ3n) is 2.23. The van der Waals surface area contributed by atoms with E-state index in [-0.39, 0.29) is 6.04 Å². The molecule has 3 heteroatoms. The van der Waals surface area contributed by atoms with Crippen molar-refractivity contribution in [2.45, 2.75) is 19.5 Å². The van der Waals surface area contributed by atoms with E-state index in [9.17, 15) is 0 Å². The lowest BCUT2D eigenvalue weighted by Crippen LogP contribution is -2.22. The minimum Gasteiger partial charge on any atom is -0.329 e. The minimum absolute atomic E-state index is 0.140. The molecule has 2 aromatic rings. The molecule has 0 aliphatic heterocycles. The van der Waals surface area contributed by atoms with Crippen LogP contribution in [-0.4, -0.2) is 15.6 Å². The fourth-order valence-electron chi connectivity index (χ4n) is 1.61. The van der Waals surface area contributed by atoms with Crippen molar-refractivity contribution in [1.29, 1.82) is 0 Å². The van der Waals surface area contributed by atoms with E-state index in [0.717, 1.165) is 17.9 Å². The zero-order valence-electron chi connectivity index (χ0n) is 8.80. The molecule has 0 saturated heterocycles. The van der Waals surface area contributed by atoms with Gasteiger partial charge in [-0.2, -0.15) is 0 Å². The molecule has 1 aromatic carbocycles. The first-order valence-electron chi connectivity index (χ1n) is 5.09. The smallest absolute Gasteiger partial charge is 0.139 e. The molecule has 0 unspecified atom stereocenters. The molecule has 1 aromatic heterocycles. The van der Waals surface area contributed by atoms with Crippen LogP contribution in [0.5, 0.6) is 0 Å². The van der Waals surface area contributed by atoms with Crippen molar-refractivity contribution < 1.29 is 0 Å². The van der Waals surface area contributed by atoms with E-state index in [1.807, 2.05) is 37.5 Å². The maximum atomic E-state index is 5.78. The Morgan fingerprint density at radius 2 is 2.07 bits per heavy atom. The summed E-state index contributed by atoms with van der Waals surface area (Å²) in [6, 6.07) is 10.3. The summed E-state index contributed by atoms with van der Waals surface area (Å²) < 4.78 is 2.08. The van der Waals surface area contributed by atoms with Gasteiger partial charge < -0.3 is 10.3 Å². The number of imidazole rings is 1. The van der Waals surface area contributed by atoms with Crippen LogP contribution in [0.3, 0.4) is 0 Å². The zero-order chi connectivity index (χ0) is 10.7. The van der Waals surface area contributed by atoms with Gasteiger partial charge in [0.05, 0.1) is 0 Å². The van der Waals surface area contributed by atoms with Gasteiger partial charge in [-0.25, -0.2) is 4.98 Å². The van der Waals surface area contributed by atoms with Gasteiger partial charge in [-0.3, -0.25) is 0 Å². The lowest BCUT2D eigenvalue weighted by molar-refractivity contribution is 0.594. The van der Waals surface area contributed by atoms with Gasteiger partial charge in [-0.05, 0) is 6.92 Å². The van der Waals surface area contributed by atoms with Crippen LogP contribution in [0.25, 0.3) is 11.4 Å². The van der Waals surface area contributed by atoms with Crippen molar-refractivity contribution in [2.75, 3.05) is 0 Å². The standard InChI is InChI=1S/C12H15N3/c1-10(13)9-15-8-7-14-12(15)11-5-3-2-4-6-11/h2-8,10H,9,13H2,1H3/t10-/m1/s1. The Balaban J connectivity index is 2.33. The Kier molecular flexibility index (Phi) is 2.83. The van der Waals surface area contributed by atoms with E-state index in [0.29, 0.717) is 0 Å². The minimum atomic E-state index is 0.140. The normalized spacial score (nSPS) is 12.7. The predicted molar refractivity (Wildman–Crippen MR) is 61.3 cm³/mol. The largest absolute Gasteiger partial charge is 0.329 e. The van der Waals surface area contributed by atoms with Crippen molar-refractivity contribution in [2.24, 2.45) is 5.73 Å². The molecule has 3 nitrogen and oxygen atoms in total. The molecule has 0 saturated carbocycles. The maximum absolute atomic E-state index is 5.78. The van der Waals surface area contributed by atoms with Crippen molar-refractivity contribution in [1.82, 2.24) is 9.55 Å². The Morgan fingerprint density at radius 3 is 2.73 bits per heavy atom. The molecule has 1 heterocycles. The summed E-state index contributed by atoms with van der Waals surface area (Å²) in [7, 11) is 0. The molecule has 1 atom stereocenters. The SMILES string of the molecule is C[C@@H](N)Cn1ccnc1-c1ccccc1. The molecular weight excluding hydrogens is 186 g/mol. The average Bonchev–Trinajstić information content (AvgIpc) is 2.66. The van der Waals surface area contributed by atoms with Crippen LogP contribution in [-0.2, 0) is 6.54 Å². The van der Waals surface area contributed by atoms with Crippen molar-refractivity contribution in [3.05, 3.63) is 42.7 Å². The first-order chi connectivity index (χ1) is 7.27. The summed E-state index contributed by atoms with van der Waals surface area (Å²) in [4.78, 5) is 4.35. The number of hydrogen-bond acceptors (Lipinski definition) is 2. The Bertz CT molecular complexity index is 417. The molecule has 0 bridgehead atoms. The summed E-state index contributed by atoms with van der Waals surface area (Å²) in [5.41, 5.74) is 6.91. The number of nitrogens with two attached hydrogens (primary N) is 1. The van der Waals surface area contributed by atoms with Crippen LogP contribution in [0.1, 0.15) is 6.92 Å². The van der Waals surface area contributed by atoms with Crippen LogP contribution in [0, 0.1) is 0 Å². The second kappa shape index (κ2) is 4.28. The molecule has 15 heavy (non-hydrogen) atoms. The number of benzene rings is 1. The molecule has 0 amide bonds. The van der Waals surface area contributed by atoms with E-state index >= 15 is 0 Å². The Hall–Kier alpha value is -1.61. The van der Waals surface area contributed by atoms with Gasteiger partial charge in [0, 0.05) is 30.5 Å².